The summed E-state index contributed by atoms with van der Waals surface area (Å²) in [5.74, 6) is -0.661. The van der Waals surface area contributed by atoms with Gasteiger partial charge in [-0.2, -0.15) is 10.3 Å². The predicted octanol–water partition coefficient (Wildman–Crippen LogP) is 2.62. The highest BCUT2D eigenvalue weighted by atomic mass is 16.4. The quantitative estimate of drug-likeness (QED) is 0.753. The second-order valence-corrected chi connectivity index (χ2v) is 5.93. The maximum absolute atomic E-state index is 11.6. The van der Waals surface area contributed by atoms with E-state index in [0.29, 0.717) is 17.9 Å². The number of carbonyl (C=O) groups is 1. The van der Waals surface area contributed by atoms with Crippen molar-refractivity contribution in [2.75, 3.05) is 0 Å². The fraction of sp³-hybridized carbons (Fsp3) is 0.105. The van der Waals surface area contributed by atoms with Crippen LogP contribution in [-0.2, 0) is 5.41 Å². The van der Waals surface area contributed by atoms with Crippen LogP contribution in [0.5, 0.6) is 0 Å². The Morgan fingerprint density at radius 1 is 1.08 bits per heavy atom. The van der Waals surface area contributed by atoms with Gasteiger partial charge in [-0.05, 0) is 23.6 Å². The van der Waals surface area contributed by atoms with Crippen LogP contribution in [0.4, 0.5) is 0 Å². The fourth-order valence-electron chi connectivity index (χ4n) is 3.15. The average Bonchev–Trinajstić information content (AvgIpc) is 3.20. The Morgan fingerprint density at radius 2 is 1.85 bits per heavy atom. The standard InChI is InChI=1S/C19H15N5O2/c25-17(26)15-16(23-24-22-15)19(18-20-11-4-12-21-18)9-7-14(8-10-19)13-5-2-1-3-6-13/h1-9,11-12H,10H2,(H,25,26)(H,22,23,24). The van der Waals surface area contributed by atoms with Gasteiger partial charge in [-0.3, -0.25) is 0 Å². The summed E-state index contributed by atoms with van der Waals surface area (Å²) >= 11 is 0. The van der Waals surface area contributed by atoms with E-state index in [1.807, 2.05) is 48.6 Å². The first-order valence-corrected chi connectivity index (χ1v) is 8.07. The van der Waals surface area contributed by atoms with Crippen LogP contribution in [-0.4, -0.2) is 36.5 Å². The molecule has 3 aromatic rings. The van der Waals surface area contributed by atoms with E-state index in [1.165, 1.54) is 0 Å². The fourth-order valence-corrected chi connectivity index (χ4v) is 3.15. The molecule has 4 rings (SSSR count). The Morgan fingerprint density at radius 3 is 2.50 bits per heavy atom. The number of aromatic carboxylic acids is 1. The Bertz CT molecular complexity index is 995. The van der Waals surface area contributed by atoms with Gasteiger partial charge in [0.15, 0.2) is 5.69 Å². The van der Waals surface area contributed by atoms with Crippen molar-refractivity contribution in [3.8, 4) is 0 Å². The smallest absolute Gasteiger partial charge is 0.358 e. The number of benzene rings is 1. The molecule has 7 heteroatoms. The molecular weight excluding hydrogens is 330 g/mol. The summed E-state index contributed by atoms with van der Waals surface area (Å²) in [6, 6.07) is 11.7. The van der Waals surface area contributed by atoms with Crippen LogP contribution < -0.4 is 0 Å². The largest absolute Gasteiger partial charge is 0.476 e. The lowest BCUT2D eigenvalue weighted by Gasteiger charge is -2.29. The van der Waals surface area contributed by atoms with Crippen LogP contribution >= 0.6 is 0 Å². The molecule has 2 heterocycles. The third-order valence-corrected chi connectivity index (χ3v) is 4.44. The minimum absolute atomic E-state index is 0.126. The highest BCUT2D eigenvalue weighted by molar-refractivity contribution is 5.87. The van der Waals surface area contributed by atoms with E-state index in [0.717, 1.165) is 11.1 Å². The minimum Gasteiger partial charge on any atom is -0.476 e. The summed E-state index contributed by atoms with van der Waals surface area (Å²) < 4.78 is 0. The molecule has 1 aliphatic carbocycles. The molecule has 0 aliphatic heterocycles. The number of nitrogens with zero attached hydrogens (tertiary/aromatic N) is 4. The van der Waals surface area contributed by atoms with Gasteiger partial charge in [0.25, 0.3) is 0 Å². The monoisotopic (exact) mass is 345 g/mol. The van der Waals surface area contributed by atoms with E-state index in [-0.39, 0.29) is 5.69 Å². The zero-order valence-corrected chi connectivity index (χ0v) is 13.7. The first-order valence-electron chi connectivity index (χ1n) is 8.07. The first kappa shape index (κ1) is 15.9. The molecular formula is C19H15N5O2. The summed E-state index contributed by atoms with van der Waals surface area (Å²) in [4.78, 5) is 20.3. The van der Waals surface area contributed by atoms with Crippen LogP contribution in [0.15, 0.2) is 67.0 Å². The molecule has 26 heavy (non-hydrogen) atoms. The highest BCUT2D eigenvalue weighted by Gasteiger charge is 2.41. The zero-order chi connectivity index (χ0) is 18.0. The van der Waals surface area contributed by atoms with Crippen molar-refractivity contribution in [2.24, 2.45) is 0 Å². The number of H-pyrrole nitrogens is 1. The average molecular weight is 345 g/mol. The van der Waals surface area contributed by atoms with Crippen molar-refractivity contribution in [2.45, 2.75) is 11.8 Å². The number of carboxylic acid groups (broad SMARTS) is 1. The van der Waals surface area contributed by atoms with E-state index in [9.17, 15) is 9.90 Å². The summed E-state index contributed by atoms with van der Waals surface area (Å²) in [6.07, 6.45) is 9.66. The molecule has 1 atom stereocenters. The zero-order valence-electron chi connectivity index (χ0n) is 13.7. The summed E-state index contributed by atoms with van der Waals surface area (Å²) in [5, 5.41) is 19.8. The Kier molecular flexibility index (Phi) is 3.89. The molecule has 0 saturated carbocycles. The van der Waals surface area contributed by atoms with E-state index in [4.69, 9.17) is 0 Å². The molecule has 1 aliphatic rings. The van der Waals surface area contributed by atoms with E-state index < -0.39 is 11.4 Å². The number of nitrogens with one attached hydrogen (secondary N) is 1. The highest BCUT2D eigenvalue weighted by Crippen LogP contribution is 2.40. The molecule has 7 nitrogen and oxygen atoms in total. The molecule has 1 aromatic carbocycles. The molecule has 0 bridgehead atoms. The summed E-state index contributed by atoms with van der Waals surface area (Å²) in [7, 11) is 0. The topological polar surface area (TPSA) is 105 Å². The van der Waals surface area contributed by atoms with Crippen molar-refractivity contribution < 1.29 is 9.90 Å². The van der Waals surface area contributed by atoms with Gasteiger partial charge in [-0.25, -0.2) is 14.8 Å². The van der Waals surface area contributed by atoms with Crippen molar-refractivity contribution in [1.82, 2.24) is 25.4 Å². The third kappa shape index (κ3) is 2.59. The van der Waals surface area contributed by atoms with Crippen LogP contribution in [0.3, 0.4) is 0 Å². The maximum Gasteiger partial charge on any atom is 0.358 e. The van der Waals surface area contributed by atoms with Gasteiger partial charge in [0.2, 0.25) is 0 Å². The number of aromatic amines is 1. The molecule has 2 N–H and O–H groups in total. The lowest BCUT2D eigenvalue weighted by Crippen LogP contribution is -2.31. The lowest BCUT2D eigenvalue weighted by molar-refractivity contribution is 0.0688. The van der Waals surface area contributed by atoms with Crippen molar-refractivity contribution in [3.63, 3.8) is 0 Å². The SMILES string of the molecule is O=C(O)c1n[nH]nc1C1(c2ncccn2)C=CC(c2ccccc2)=CC1. The molecule has 128 valence electrons. The number of hydrogen-bond acceptors (Lipinski definition) is 5. The number of aromatic nitrogens is 5. The number of allylic oxidation sites excluding steroid dienone is 4. The van der Waals surface area contributed by atoms with Gasteiger partial charge in [-0.15, -0.1) is 5.10 Å². The first-order chi connectivity index (χ1) is 12.7. The Balaban J connectivity index is 1.83. The van der Waals surface area contributed by atoms with E-state index >= 15 is 0 Å². The predicted molar refractivity (Wildman–Crippen MR) is 94.3 cm³/mol. The second kappa shape index (κ2) is 6.36. The third-order valence-electron chi connectivity index (χ3n) is 4.44. The van der Waals surface area contributed by atoms with Crippen molar-refractivity contribution in [3.05, 3.63) is 89.8 Å². The van der Waals surface area contributed by atoms with Gasteiger partial charge >= 0.3 is 5.97 Å². The van der Waals surface area contributed by atoms with Crippen LogP contribution in [0, 0.1) is 0 Å². The number of rotatable bonds is 4. The van der Waals surface area contributed by atoms with Gasteiger partial charge < -0.3 is 5.11 Å². The van der Waals surface area contributed by atoms with Gasteiger partial charge in [0.05, 0.1) is 5.41 Å². The van der Waals surface area contributed by atoms with E-state index in [1.54, 1.807) is 18.5 Å². The van der Waals surface area contributed by atoms with Gasteiger partial charge in [-0.1, -0.05) is 48.6 Å². The summed E-state index contributed by atoms with van der Waals surface area (Å²) in [5.41, 5.74) is 1.43. The van der Waals surface area contributed by atoms with Gasteiger partial charge in [0, 0.05) is 12.4 Å². The van der Waals surface area contributed by atoms with Crippen LogP contribution in [0.1, 0.15) is 34.0 Å². The molecule has 0 amide bonds. The number of hydrogen-bond donors (Lipinski definition) is 2. The normalized spacial score (nSPS) is 19.2. The van der Waals surface area contributed by atoms with Gasteiger partial charge in [0.1, 0.15) is 11.5 Å². The van der Waals surface area contributed by atoms with Crippen molar-refractivity contribution >= 4 is 11.5 Å². The molecule has 0 fully saturated rings. The maximum atomic E-state index is 11.6. The van der Waals surface area contributed by atoms with E-state index in [2.05, 4.69) is 25.4 Å². The number of carboxylic acids is 1. The molecule has 2 aromatic heterocycles. The minimum atomic E-state index is -1.14. The molecule has 1 unspecified atom stereocenters. The molecule has 0 saturated heterocycles. The Hall–Kier alpha value is -3.61. The van der Waals surface area contributed by atoms with Crippen LogP contribution in [0.2, 0.25) is 0 Å². The Labute approximate surface area is 149 Å². The summed E-state index contributed by atoms with van der Waals surface area (Å²) in [6.45, 7) is 0. The molecule has 0 radical (unpaired) electrons. The second-order valence-electron chi connectivity index (χ2n) is 5.93. The lowest BCUT2D eigenvalue weighted by atomic mass is 9.75. The van der Waals surface area contributed by atoms with Crippen molar-refractivity contribution in [1.29, 1.82) is 0 Å². The molecule has 0 spiro atoms. The van der Waals surface area contributed by atoms with Crippen LogP contribution in [0.25, 0.3) is 5.57 Å².